The molecule has 30 heavy (non-hydrogen) atoms. The van der Waals surface area contributed by atoms with Crippen LogP contribution in [0.2, 0.25) is 5.02 Å². The molecule has 166 valence electrons. The van der Waals surface area contributed by atoms with E-state index in [4.69, 9.17) is 16.1 Å². The molecule has 0 aliphatic carbocycles. The molecule has 7 nitrogen and oxygen atoms in total. The predicted molar refractivity (Wildman–Crippen MR) is 133 cm³/mol. The van der Waals surface area contributed by atoms with Gasteiger partial charge in [-0.25, -0.2) is 0 Å². The molecular formula is C21H32ClIN6O. The summed E-state index contributed by atoms with van der Waals surface area (Å²) in [4.78, 5) is 11.3. The summed E-state index contributed by atoms with van der Waals surface area (Å²) in [6.45, 7) is 6.28. The molecule has 0 bridgehead atoms. The molecule has 0 radical (unpaired) electrons. The van der Waals surface area contributed by atoms with Crippen molar-refractivity contribution in [3.8, 4) is 11.4 Å². The van der Waals surface area contributed by atoms with Crippen molar-refractivity contribution in [2.45, 2.75) is 45.1 Å². The van der Waals surface area contributed by atoms with E-state index in [0.29, 0.717) is 35.7 Å². The number of nitrogens with zero attached hydrogens (tertiary/aromatic N) is 4. The first-order valence-electron chi connectivity index (χ1n) is 10.4. The molecule has 0 saturated carbocycles. The normalized spacial score (nSPS) is 17.4. The van der Waals surface area contributed by atoms with Crippen molar-refractivity contribution in [3.63, 3.8) is 0 Å². The fourth-order valence-electron chi connectivity index (χ4n) is 3.59. The molecule has 2 N–H and O–H groups in total. The van der Waals surface area contributed by atoms with Gasteiger partial charge >= 0.3 is 0 Å². The topological polar surface area (TPSA) is 78.6 Å². The zero-order valence-electron chi connectivity index (χ0n) is 17.7. The van der Waals surface area contributed by atoms with E-state index in [1.165, 1.54) is 25.8 Å². The van der Waals surface area contributed by atoms with Crippen molar-refractivity contribution < 1.29 is 4.52 Å². The average molecular weight is 547 g/mol. The number of aliphatic imine (C=N–C) groups is 1. The Labute approximate surface area is 201 Å². The fraction of sp³-hybridized carbons (Fsp3) is 0.571. The van der Waals surface area contributed by atoms with Gasteiger partial charge in [-0.1, -0.05) is 35.3 Å². The molecule has 1 aliphatic rings. The highest BCUT2D eigenvalue weighted by molar-refractivity contribution is 14.0. The molecule has 3 rings (SSSR count). The first-order valence-corrected chi connectivity index (χ1v) is 10.8. The van der Waals surface area contributed by atoms with Crippen LogP contribution in [-0.4, -0.2) is 60.3 Å². The molecule has 2 aromatic rings. The number of likely N-dealkylation sites (tertiary alicyclic amines) is 1. The number of hydrogen-bond donors (Lipinski definition) is 2. The van der Waals surface area contributed by atoms with Crippen molar-refractivity contribution in [1.29, 1.82) is 0 Å². The second-order valence-corrected chi connectivity index (χ2v) is 7.87. The first-order chi connectivity index (χ1) is 14.2. The molecule has 1 aromatic heterocycles. The van der Waals surface area contributed by atoms with E-state index in [1.54, 1.807) is 7.05 Å². The summed E-state index contributed by atoms with van der Waals surface area (Å²) in [5.74, 6) is 1.94. The van der Waals surface area contributed by atoms with Crippen molar-refractivity contribution in [2.24, 2.45) is 4.99 Å². The number of halogens is 2. The summed E-state index contributed by atoms with van der Waals surface area (Å²) >= 11 is 6.02. The highest BCUT2D eigenvalue weighted by Gasteiger charge is 2.17. The molecular weight excluding hydrogens is 515 g/mol. The van der Waals surface area contributed by atoms with Gasteiger partial charge in [0.1, 0.15) is 0 Å². The van der Waals surface area contributed by atoms with Crippen LogP contribution in [0.1, 0.15) is 38.5 Å². The van der Waals surface area contributed by atoms with E-state index in [9.17, 15) is 0 Å². The molecule has 1 unspecified atom stereocenters. The zero-order valence-corrected chi connectivity index (χ0v) is 20.8. The van der Waals surface area contributed by atoms with E-state index in [2.05, 4.69) is 37.6 Å². The van der Waals surface area contributed by atoms with Crippen molar-refractivity contribution >= 4 is 41.5 Å². The summed E-state index contributed by atoms with van der Waals surface area (Å²) in [6.07, 6.45) is 5.76. The smallest absolute Gasteiger partial charge is 0.228 e. The van der Waals surface area contributed by atoms with Gasteiger partial charge in [0.2, 0.25) is 11.7 Å². The van der Waals surface area contributed by atoms with Crippen molar-refractivity contribution in [2.75, 3.05) is 33.2 Å². The van der Waals surface area contributed by atoms with Gasteiger partial charge in [-0.05, 0) is 44.9 Å². The number of rotatable bonds is 8. The maximum atomic E-state index is 6.02. The molecule has 1 aromatic carbocycles. The van der Waals surface area contributed by atoms with Gasteiger partial charge in [0.15, 0.2) is 5.96 Å². The highest BCUT2D eigenvalue weighted by Crippen LogP contribution is 2.20. The first kappa shape index (κ1) is 24.9. The van der Waals surface area contributed by atoms with Crippen LogP contribution in [0.25, 0.3) is 11.4 Å². The van der Waals surface area contributed by atoms with Gasteiger partial charge in [0, 0.05) is 49.7 Å². The Bertz CT molecular complexity index is 799. The van der Waals surface area contributed by atoms with Crippen LogP contribution in [0, 0.1) is 0 Å². The van der Waals surface area contributed by atoms with Gasteiger partial charge in [0.25, 0.3) is 0 Å². The van der Waals surface area contributed by atoms with E-state index >= 15 is 0 Å². The third kappa shape index (κ3) is 7.70. The Morgan fingerprint density at radius 2 is 2.13 bits per heavy atom. The molecule has 1 saturated heterocycles. The molecule has 0 amide bonds. The standard InChI is InChI=1S/C21H31ClN6O.HI/c1-16-7-3-4-13-28(16)14-6-11-24-21(23-2)25-12-10-19-26-20(27-29-19)17-8-5-9-18(22)15-17;/h5,8-9,15-16H,3-4,6-7,10-14H2,1-2H3,(H2,23,24,25);1H. The molecule has 1 atom stereocenters. The van der Waals surface area contributed by atoms with Crippen molar-refractivity contribution in [3.05, 3.63) is 35.2 Å². The van der Waals surface area contributed by atoms with E-state index < -0.39 is 0 Å². The molecule has 0 spiro atoms. The zero-order chi connectivity index (χ0) is 20.5. The average Bonchev–Trinajstić information content (AvgIpc) is 3.20. The Kier molecular flexibility index (Phi) is 10.9. The van der Waals surface area contributed by atoms with E-state index in [1.807, 2.05) is 24.3 Å². The monoisotopic (exact) mass is 546 g/mol. The van der Waals surface area contributed by atoms with Crippen LogP contribution < -0.4 is 10.6 Å². The predicted octanol–water partition coefficient (Wildman–Crippen LogP) is 3.98. The Hall–Kier alpha value is -1.39. The van der Waals surface area contributed by atoms with Gasteiger partial charge in [-0.2, -0.15) is 4.98 Å². The maximum absolute atomic E-state index is 6.02. The Morgan fingerprint density at radius 3 is 2.90 bits per heavy atom. The summed E-state index contributed by atoms with van der Waals surface area (Å²) in [5, 5.41) is 11.4. The number of aromatic nitrogens is 2. The van der Waals surface area contributed by atoms with Crippen LogP contribution in [-0.2, 0) is 6.42 Å². The minimum atomic E-state index is 0. The maximum Gasteiger partial charge on any atom is 0.228 e. The van der Waals surface area contributed by atoms with Gasteiger partial charge in [0.05, 0.1) is 0 Å². The number of guanidine groups is 1. The number of nitrogens with one attached hydrogen (secondary N) is 2. The SMILES string of the molecule is CN=C(NCCCN1CCCCC1C)NCCc1nc(-c2cccc(Cl)c2)no1.I. The summed E-state index contributed by atoms with van der Waals surface area (Å²) in [5.41, 5.74) is 0.848. The highest BCUT2D eigenvalue weighted by atomic mass is 127. The number of piperidine rings is 1. The summed E-state index contributed by atoms with van der Waals surface area (Å²) < 4.78 is 5.34. The quantitative estimate of drug-likeness (QED) is 0.226. The fourth-order valence-corrected chi connectivity index (χ4v) is 3.78. The lowest BCUT2D eigenvalue weighted by Gasteiger charge is -2.33. The summed E-state index contributed by atoms with van der Waals surface area (Å²) in [6, 6.07) is 8.14. The van der Waals surface area contributed by atoms with E-state index in [0.717, 1.165) is 31.0 Å². The number of benzene rings is 1. The lowest BCUT2D eigenvalue weighted by molar-refractivity contribution is 0.159. The van der Waals surface area contributed by atoms with E-state index in [-0.39, 0.29) is 24.0 Å². The molecule has 1 fully saturated rings. The van der Waals surface area contributed by atoms with Gasteiger partial charge in [-0.3, -0.25) is 4.99 Å². The van der Waals surface area contributed by atoms with Gasteiger partial charge < -0.3 is 20.1 Å². The van der Waals surface area contributed by atoms with Crippen LogP contribution in [0.5, 0.6) is 0 Å². The van der Waals surface area contributed by atoms with Crippen LogP contribution in [0.4, 0.5) is 0 Å². The minimum absolute atomic E-state index is 0. The lowest BCUT2D eigenvalue weighted by Crippen LogP contribution is -2.41. The minimum Gasteiger partial charge on any atom is -0.356 e. The second-order valence-electron chi connectivity index (χ2n) is 7.43. The van der Waals surface area contributed by atoms with Gasteiger partial charge in [-0.15, -0.1) is 24.0 Å². The largest absolute Gasteiger partial charge is 0.356 e. The molecule has 9 heteroatoms. The van der Waals surface area contributed by atoms with Crippen LogP contribution in [0.15, 0.2) is 33.8 Å². The Balaban J connectivity index is 0.00000320. The van der Waals surface area contributed by atoms with Crippen LogP contribution in [0.3, 0.4) is 0 Å². The third-order valence-corrected chi connectivity index (χ3v) is 5.50. The molecule has 1 aliphatic heterocycles. The number of hydrogen-bond acceptors (Lipinski definition) is 5. The Morgan fingerprint density at radius 1 is 1.30 bits per heavy atom. The van der Waals surface area contributed by atoms with Crippen LogP contribution >= 0.6 is 35.6 Å². The summed E-state index contributed by atoms with van der Waals surface area (Å²) in [7, 11) is 1.78. The third-order valence-electron chi connectivity index (χ3n) is 5.26. The lowest BCUT2D eigenvalue weighted by atomic mass is 10.0. The molecule has 2 heterocycles. The van der Waals surface area contributed by atoms with Crippen molar-refractivity contribution in [1.82, 2.24) is 25.7 Å². The second kappa shape index (κ2) is 13.1.